The SMILES string of the molecule is Cc1ccc([S@](=O)C(F)C(=O)C(F)(F)Cl)cc1. The number of carbonyl (C=O) groups is 1. The molecule has 0 bridgehead atoms. The number of hydrogen-bond acceptors (Lipinski definition) is 2. The monoisotopic (exact) mass is 284 g/mol. The number of benzene rings is 1. The van der Waals surface area contributed by atoms with Gasteiger partial charge in [0.25, 0.3) is 5.78 Å². The molecule has 94 valence electrons. The van der Waals surface area contributed by atoms with Crippen LogP contribution >= 0.6 is 11.6 Å². The summed E-state index contributed by atoms with van der Waals surface area (Å²) in [5, 5.41) is -4.35. The van der Waals surface area contributed by atoms with E-state index in [4.69, 9.17) is 0 Å². The molecular weight excluding hydrogens is 277 g/mol. The van der Waals surface area contributed by atoms with E-state index in [2.05, 4.69) is 11.6 Å². The van der Waals surface area contributed by atoms with Gasteiger partial charge in [0.1, 0.15) is 0 Å². The van der Waals surface area contributed by atoms with Crippen LogP contribution in [-0.2, 0) is 15.6 Å². The summed E-state index contributed by atoms with van der Waals surface area (Å²) in [4.78, 5) is 10.8. The maximum absolute atomic E-state index is 13.3. The summed E-state index contributed by atoms with van der Waals surface area (Å²) < 4.78 is 49.4. The van der Waals surface area contributed by atoms with E-state index >= 15 is 0 Å². The van der Waals surface area contributed by atoms with Crippen LogP contribution in [0.2, 0.25) is 0 Å². The van der Waals surface area contributed by atoms with Crippen molar-refractivity contribution in [1.29, 1.82) is 0 Å². The largest absolute Gasteiger partial charge is 0.384 e. The van der Waals surface area contributed by atoms with Gasteiger partial charge < -0.3 is 0 Å². The smallest absolute Gasteiger partial charge is 0.287 e. The van der Waals surface area contributed by atoms with Crippen molar-refractivity contribution in [1.82, 2.24) is 0 Å². The minimum Gasteiger partial charge on any atom is -0.287 e. The number of Topliss-reactive ketones (excluding diaryl/α,β-unsaturated/α-hetero) is 1. The molecule has 17 heavy (non-hydrogen) atoms. The molecule has 2 atom stereocenters. The van der Waals surface area contributed by atoms with E-state index in [-0.39, 0.29) is 4.90 Å². The Labute approximate surface area is 103 Å². The first-order chi connectivity index (χ1) is 7.73. The Morgan fingerprint density at radius 1 is 1.35 bits per heavy atom. The Hall–Kier alpha value is -0.880. The molecule has 0 spiro atoms. The highest BCUT2D eigenvalue weighted by molar-refractivity contribution is 7.86. The molecule has 0 amide bonds. The lowest BCUT2D eigenvalue weighted by atomic mass is 10.2. The van der Waals surface area contributed by atoms with Gasteiger partial charge >= 0.3 is 5.38 Å². The van der Waals surface area contributed by atoms with Crippen LogP contribution in [0.15, 0.2) is 29.2 Å². The van der Waals surface area contributed by atoms with Gasteiger partial charge in [0, 0.05) is 4.90 Å². The number of ketones is 1. The normalized spacial score (nSPS) is 15.4. The summed E-state index contributed by atoms with van der Waals surface area (Å²) in [6, 6.07) is 5.67. The first kappa shape index (κ1) is 14.2. The van der Waals surface area contributed by atoms with Gasteiger partial charge in [-0.05, 0) is 30.7 Å². The maximum atomic E-state index is 13.3. The van der Waals surface area contributed by atoms with Gasteiger partial charge in [-0.1, -0.05) is 17.7 Å². The zero-order valence-corrected chi connectivity index (χ0v) is 10.2. The van der Waals surface area contributed by atoms with Gasteiger partial charge in [-0.15, -0.1) is 0 Å². The molecule has 0 aromatic heterocycles. The highest BCUT2D eigenvalue weighted by Gasteiger charge is 2.44. The van der Waals surface area contributed by atoms with E-state index < -0.39 is 27.5 Å². The van der Waals surface area contributed by atoms with Gasteiger partial charge in [0.05, 0.1) is 10.8 Å². The molecule has 0 saturated carbocycles. The van der Waals surface area contributed by atoms with Crippen LogP contribution in [0.4, 0.5) is 13.2 Å². The Kier molecular flexibility index (Phi) is 4.32. The van der Waals surface area contributed by atoms with Gasteiger partial charge in [0.2, 0.25) is 5.50 Å². The van der Waals surface area contributed by atoms with Crippen molar-refractivity contribution in [2.45, 2.75) is 22.7 Å². The Morgan fingerprint density at radius 2 is 1.82 bits per heavy atom. The molecule has 1 aromatic carbocycles. The van der Waals surface area contributed by atoms with E-state index in [1.54, 1.807) is 6.92 Å². The number of halogens is 4. The van der Waals surface area contributed by atoms with Crippen LogP contribution in [0.3, 0.4) is 0 Å². The molecule has 0 heterocycles. The molecule has 1 rings (SSSR count). The van der Waals surface area contributed by atoms with Crippen LogP contribution in [0.5, 0.6) is 0 Å². The fraction of sp³-hybridized carbons (Fsp3) is 0.300. The first-order valence-electron chi connectivity index (χ1n) is 4.46. The molecule has 0 aliphatic heterocycles. The second-order valence-electron chi connectivity index (χ2n) is 3.29. The topological polar surface area (TPSA) is 34.1 Å². The second-order valence-corrected chi connectivity index (χ2v) is 5.24. The van der Waals surface area contributed by atoms with Gasteiger partial charge in [-0.3, -0.25) is 9.00 Å². The van der Waals surface area contributed by atoms with Gasteiger partial charge in [0.15, 0.2) is 0 Å². The van der Waals surface area contributed by atoms with Crippen molar-refractivity contribution in [3.8, 4) is 0 Å². The molecule has 1 unspecified atom stereocenters. The average Bonchev–Trinajstić information content (AvgIpc) is 2.26. The Balaban J connectivity index is 2.91. The molecule has 0 N–H and O–H groups in total. The molecular formula is C10H8ClF3O2S. The lowest BCUT2D eigenvalue weighted by Gasteiger charge is -2.10. The van der Waals surface area contributed by atoms with Crippen LogP contribution in [0.1, 0.15) is 5.56 Å². The van der Waals surface area contributed by atoms with E-state index in [9.17, 15) is 22.2 Å². The van der Waals surface area contributed by atoms with E-state index in [0.29, 0.717) is 0 Å². The third kappa shape index (κ3) is 3.54. The van der Waals surface area contributed by atoms with Crippen molar-refractivity contribution in [2.75, 3.05) is 0 Å². The first-order valence-corrected chi connectivity index (χ1v) is 6.05. The zero-order valence-electron chi connectivity index (χ0n) is 8.62. The van der Waals surface area contributed by atoms with Crippen LogP contribution in [-0.4, -0.2) is 20.9 Å². The minimum absolute atomic E-state index is 0.0441. The zero-order chi connectivity index (χ0) is 13.2. The lowest BCUT2D eigenvalue weighted by molar-refractivity contribution is -0.135. The third-order valence-electron chi connectivity index (χ3n) is 1.93. The number of rotatable bonds is 4. The van der Waals surface area contributed by atoms with E-state index in [1.807, 2.05) is 0 Å². The summed E-state index contributed by atoms with van der Waals surface area (Å²) in [5.74, 6) is -2.20. The molecule has 0 radical (unpaired) electrons. The second kappa shape index (κ2) is 5.18. The minimum atomic E-state index is -4.35. The number of carbonyl (C=O) groups excluding carboxylic acids is 1. The Bertz CT molecular complexity index is 442. The molecule has 2 nitrogen and oxygen atoms in total. The van der Waals surface area contributed by atoms with Crippen LogP contribution in [0.25, 0.3) is 0 Å². The Morgan fingerprint density at radius 3 is 2.24 bits per heavy atom. The average molecular weight is 285 g/mol. The number of hydrogen-bond donors (Lipinski definition) is 0. The van der Waals surface area contributed by atoms with Crippen LogP contribution < -0.4 is 0 Å². The summed E-state index contributed by atoms with van der Waals surface area (Å²) in [6.45, 7) is 1.75. The highest BCUT2D eigenvalue weighted by atomic mass is 35.5. The predicted molar refractivity (Wildman–Crippen MR) is 58.3 cm³/mol. The van der Waals surface area contributed by atoms with E-state index in [1.165, 1.54) is 24.3 Å². The van der Waals surface area contributed by atoms with Crippen molar-refractivity contribution in [3.63, 3.8) is 0 Å². The van der Waals surface area contributed by atoms with Gasteiger partial charge in [-0.2, -0.15) is 8.78 Å². The number of aryl methyl sites for hydroxylation is 1. The summed E-state index contributed by atoms with van der Waals surface area (Å²) in [7, 11) is -2.49. The third-order valence-corrected chi connectivity index (χ3v) is 3.44. The van der Waals surface area contributed by atoms with Crippen molar-refractivity contribution in [3.05, 3.63) is 29.8 Å². The summed E-state index contributed by atoms with van der Waals surface area (Å²) >= 11 is 4.38. The summed E-state index contributed by atoms with van der Waals surface area (Å²) in [5.41, 5.74) is -2.01. The fourth-order valence-electron chi connectivity index (χ4n) is 1.02. The van der Waals surface area contributed by atoms with Crippen LogP contribution in [0, 0.1) is 6.92 Å². The predicted octanol–water partition coefficient (Wildman–Crippen LogP) is 2.80. The molecule has 0 saturated heterocycles. The molecule has 1 aromatic rings. The molecule has 0 aliphatic rings. The lowest BCUT2D eigenvalue weighted by Crippen LogP contribution is -2.33. The standard InChI is InChI=1S/C10H8ClF3O2S/c1-6-2-4-7(5-3-6)17(16)9(12)8(15)10(11,13)14/h2-5,9H,1H3/t9?,17-/m0/s1. The van der Waals surface area contributed by atoms with E-state index in [0.717, 1.165) is 5.56 Å². The molecule has 0 aliphatic carbocycles. The quantitative estimate of drug-likeness (QED) is 0.797. The van der Waals surface area contributed by atoms with Gasteiger partial charge in [-0.25, -0.2) is 4.39 Å². The molecule has 7 heteroatoms. The summed E-state index contributed by atoms with van der Waals surface area (Å²) in [6.07, 6.45) is 0. The maximum Gasteiger partial charge on any atom is 0.384 e. The number of alkyl halides is 4. The highest BCUT2D eigenvalue weighted by Crippen LogP contribution is 2.26. The van der Waals surface area contributed by atoms with Crippen molar-refractivity contribution >= 4 is 28.2 Å². The molecule has 0 fully saturated rings. The fourth-order valence-corrected chi connectivity index (χ4v) is 2.16. The van der Waals surface area contributed by atoms with Crippen molar-refractivity contribution < 1.29 is 22.2 Å². The van der Waals surface area contributed by atoms with Crippen molar-refractivity contribution in [2.24, 2.45) is 0 Å².